The van der Waals surface area contributed by atoms with Crippen LogP contribution in [0.4, 0.5) is 0 Å². The van der Waals surface area contributed by atoms with Crippen LogP contribution in [0.3, 0.4) is 0 Å². The number of likely N-dealkylation sites (tertiary alicyclic amines) is 1. The summed E-state index contributed by atoms with van der Waals surface area (Å²) >= 11 is 0. The van der Waals surface area contributed by atoms with Crippen LogP contribution in [-0.4, -0.2) is 86.5 Å². The molecule has 1 amide bonds. The standard InChI is InChI=1S/C15H24N4O4S/c1-24(21,22)13-9-16-17-15(13)12-3-2-4-18(10-12)11-14(20)19-5-7-23-8-6-19/h9,12H,2-8,10-11H2,1H3,(H,16,17). The van der Waals surface area contributed by atoms with E-state index in [1.807, 2.05) is 4.90 Å². The Balaban J connectivity index is 1.64. The quantitative estimate of drug-likeness (QED) is 0.806. The second-order valence-electron chi connectivity index (χ2n) is 6.49. The number of sulfone groups is 1. The van der Waals surface area contributed by atoms with Gasteiger partial charge < -0.3 is 9.64 Å². The lowest BCUT2D eigenvalue weighted by Gasteiger charge is -2.34. The van der Waals surface area contributed by atoms with Gasteiger partial charge >= 0.3 is 0 Å². The van der Waals surface area contributed by atoms with E-state index in [0.29, 0.717) is 45.1 Å². The number of nitrogens with zero attached hydrogens (tertiary/aromatic N) is 3. The molecule has 0 aromatic carbocycles. The molecule has 1 unspecified atom stereocenters. The fourth-order valence-electron chi connectivity index (χ4n) is 3.41. The van der Waals surface area contributed by atoms with Crippen LogP contribution in [0.2, 0.25) is 0 Å². The van der Waals surface area contributed by atoms with Crippen molar-refractivity contribution in [1.29, 1.82) is 0 Å². The predicted molar refractivity (Wildman–Crippen MR) is 87.5 cm³/mol. The first-order valence-corrected chi connectivity index (χ1v) is 10.2. The van der Waals surface area contributed by atoms with Crippen molar-refractivity contribution in [3.8, 4) is 0 Å². The smallest absolute Gasteiger partial charge is 0.236 e. The third-order valence-electron chi connectivity index (χ3n) is 4.67. The Bertz CT molecular complexity index is 681. The number of rotatable bonds is 4. The molecule has 134 valence electrons. The van der Waals surface area contributed by atoms with Crippen LogP contribution >= 0.6 is 0 Å². The van der Waals surface area contributed by atoms with E-state index in [1.165, 1.54) is 12.5 Å². The van der Waals surface area contributed by atoms with Crippen molar-refractivity contribution in [3.63, 3.8) is 0 Å². The molecule has 0 aliphatic carbocycles. The Kier molecular flexibility index (Phi) is 5.21. The molecule has 24 heavy (non-hydrogen) atoms. The van der Waals surface area contributed by atoms with Crippen LogP contribution in [0.15, 0.2) is 11.1 Å². The summed E-state index contributed by atoms with van der Waals surface area (Å²) in [6.07, 6.45) is 4.41. The summed E-state index contributed by atoms with van der Waals surface area (Å²) in [5.41, 5.74) is 0.668. The maximum atomic E-state index is 12.4. The van der Waals surface area contributed by atoms with Gasteiger partial charge in [-0.1, -0.05) is 0 Å². The third-order valence-corrected chi connectivity index (χ3v) is 5.79. The van der Waals surface area contributed by atoms with Gasteiger partial charge in [-0.2, -0.15) is 5.10 Å². The van der Waals surface area contributed by atoms with Gasteiger partial charge in [0.05, 0.1) is 31.6 Å². The maximum Gasteiger partial charge on any atom is 0.236 e. The summed E-state index contributed by atoms with van der Waals surface area (Å²) in [5.74, 6) is 0.176. The van der Waals surface area contributed by atoms with E-state index in [4.69, 9.17) is 4.74 Å². The number of nitrogens with one attached hydrogen (secondary N) is 1. The molecule has 0 spiro atoms. The van der Waals surface area contributed by atoms with E-state index in [1.54, 1.807) is 0 Å². The molecule has 0 radical (unpaired) electrons. The molecule has 1 atom stereocenters. The van der Waals surface area contributed by atoms with Crippen molar-refractivity contribution in [2.24, 2.45) is 0 Å². The number of H-pyrrole nitrogens is 1. The largest absolute Gasteiger partial charge is 0.378 e. The number of aromatic amines is 1. The molecule has 2 aliphatic rings. The lowest BCUT2D eigenvalue weighted by atomic mass is 9.95. The van der Waals surface area contributed by atoms with E-state index >= 15 is 0 Å². The van der Waals surface area contributed by atoms with Crippen molar-refractivity contribution in [2.75, 3.05) is 52.2 Å². The van der Waals surface area contributed by atoms with Crippen LogP contribution in [0.25, 0.3) is 0 Å². The Labute approximate surface area is 142 Å². The molecule has 0 bridgehead atoms. The van der Waals surface area contributed by atoms with Gasteiger partial charge in [-0.3, -0.25) is 14.8 Å². The van der Waals surface area contributed by atoms with Crippen molar-refractivity contribution in [3.05, 3.63) is 11.9 Å². The number of hydrogen-bond acceptors (Lipinski definition) is 6. The lowest BCUT2D eigenvalue weighted by molar-refractivity contribution is -0.136. The minimum Gasteiger partial charge on any atom is -0.378 e. The summed E-state index contributed by atoms with van der Waals surface area (Å²) in [6, 6.07) is 0. The highest BCUT2D eigenvalue weighted by Gasteiger charge is 2.29. The summed E-state index contributed by atoms with van der Waals surface area (Å²) in [6.45, 7) is 4.39. The summed E-state index contributed by atoms with van der Waals surface area (Å²) in [7, 11) is -3.30. The normalized spacial score (nSPS) is 23.4. The first kappa shape index (κ1) is 17.4. The van der Waals surface area contributed by atoms with Crippen molar-refractivity contribution in [1.82, 2.24) is 20.0 Å². The number of morpholine rings is 1. The van der Waals surface area contributed by atoms with Crippen LogP contribution in [0.5, 0.6) is 0 Å². The highest BCUT2D eigenvalue weighted by atomic mass is 32.2. The highest BCUT2D eigenvalue weighted by Crippen LogP contribution is 2.29. The second-order valence-corrected chi connectivity index (χ2v) is 8.47. The summed E-state index contributed by atoms with van der Waals surface area (Å²) < 4.78 is 29.0. The first-order valence-electron chi connectivity index (χ1n) is 8.26. The first-order chi connectivity index (χ1) is 11.4. The molecule has 9 heteroatoms. The molecule has 2 aliphatic heterocycles. The van der Waals surface area contributed by atoms with E-state index in [-0.39, 0.29) is 16.7 Å². The zero-order valence-corrected chi connectivity index (χ0v) is 14.7. The number of amides is 1. The van der Waals surface area contributed by atoms with Gasteiger partial charge in [0, 0.05) is 31.8 Å². The van der Waals surface area contributed by atoms with E-state index in [9.17, 15) is 13.2 Å². The van der Waals surface area contributed by atoms with Crippen LogP contribution in [0.1, 0.15) is 24.5 Å². The molecule has 8 nitrogen and oxygen atoms in total. The van der Waals surface area contributed by atoms with Gasteiger partial charge in [-0.05, 0) is 19.4 Å². The topological polar surface area (TPSA) is 95.6 Å². The fourth-order valence-corrected chi connectivity index (χ4v) is 4.27. The second kappa shape index (κ2) is 7.20. The molecule has 1 N–H and O–H groups in total. The molecule has 3 rings (SSSR count). The minimum atomic E-state index is -3.30. The molecule has 2 saturated heterocycles. The van der Waals surface area contributed by atoms with Gasteiger partial charge in [0.2, 0.25) is 5.91 Å². The van der Waals surface area contributed by atoms with Crippen molar-refractivity contribution in [2.45, 2.75) is 23.7 Å². The molecular weight excluding hydrogens is 332 g/mol. The average molecular weight is 356 g/mol. The molecule has 2 fully saturated rings. The monoisotopic (exact) mass is 356 g/mol. The molecular formula is C15H24N4O4S. The van der Waals surface area contributed by atoms with Gasteiger partial charge in [-0.15, -0.1) is 0 Å². The number of ether oxygens (including phenoxy) is 1. The van der Waals surface area contributed by atoms with Crippen LogP contribution in [-0.2, 0) is 19.4 Å². The van der Waals surface area contributed by atoms with Gasteiger partial charge in [0.15, 0.2) is 9.84 Å². The van der Waals surface area contributed by atoms with Gasteiger partial charge in [0.25, 0.3) is 0 Å². The summed E-state index contributed by atoms with van der Waals surface area (Å²) in [4.78, 5) is 16.6. The summed E-state index contributed by atoms with van der Waals surface area (Å²) in [5, 5.41) is 6.76. The van der Waals surface area contributed by atoms with Crippen LogP contribution < -0.4 is 0 Å². The predicted octanol–water partition coefficient (Wildman–Crippen LogP) is -0.149. The zero-order valence-electron chi connectivity index (χ0n) is 13.9. The Morgan fingerprint density at radius 2 is 2.12 bits per heavy atom. The number of carbonyl (C=O) groups excluding carboxylic acids is 1. The number of hydrogen-bond donors (Lipinski definition) is 1. The number of carbonyl (C=O) groups is 1. The van der Waals surface area contributed by atoms with E-state index in [0.717, 1.165) is 19.4 Å². The zero-order chi connectivity index (χ0) is 17.2. The number of aromatic nitrogens is 2. The molecule has 0 saturated carbocycles. The van der Waals surface area contributed by atoms with E-state index in [2.05, 4.69) is 15.1 Å². The Hall–Kier alpha value is -1.45. The van der Waals surface area contributed by atoms with Crippen molar-refractivity contribution >= 4 is 15.7 Å². The third kappa shape index (κ3) is 3.96. The van der Waals surface area contributed by atoms with Crippen LogP contribution in [0, 0.1) is 0 Å². The Morgan fingerprint density at radius 3 is 2.83 bits per heavy atom. The van der Waals surface area contributed by atoms with Crippen molar-refractivity contribution < 1.29 is 17.9 Å². The molecule has 3 heterocycles. The maximum absolute atomic E-state index is 12.4. The highest BCUT2D eigenvalue weighted by molar-refractivity contribution is 7.90. The fraction of sp³-hybridized carbons (Fsp3) is 0.733. The number of piperidine rings is 1. The van der Waals surface area contributed by atoms with E-state index < -0.39 is 9.84 Å². The SMILES string of the molecule is CS(=O)(=O)c1cn[nH]c1C1CCCN(CC(=O)N2CCOCC2)C1. The Morgan fingerprint density at radius 1 is 1.38 bits per heavy atom. The minimum absolute atomic E-state index is 0.0588. The van der Waals surface area contributed by atoms with Gasteiger partial charge in [0.1, 0.15) is 4.90 Å². The van der Waals surface area contributed by atoms with Gasteiger partial charge in [-0.25, -0.2) is 8.42 Å². The lowest BCUT2D eigenvalue weighted by Crippen LogP contribution is -2.47. The molecule has 1 aromatic rings. The average Bonchev–Trinajstić information content (AvgIpc) is 3.06. The molecule has 1 aromatic heterocycles.